The average molecular weight is 164 g/mol. The van der Waals surface area contributed by atoms with E-state index in [0.717, 1.165) is 12.2 Å². The molecule has 2 N–H and O–H groups in total. The average Bonchev–Trinajstić information content (AvgIpc) is 2.09. The Bertz CT molecular complexity index is 243. The van der Waals surface area contributed by atoms with Gasteiger partial charge in [-0.2, -0.15) is 0 Å². The molecule has 64 valence electrons. The Morgan fingerprint density at radius 3 is 3.00 bits per heavy atom. The molecule has 0 aliphatic rings. The maximum Gasteiger partial charge on any atom is 0.133 e. The largest absolute Gasteiger partial charge is 0.506 e. The molecule has 1 rings (SSSR count). The number of nitrogens with one attached hydrogen (secondary N) is 1. The molecule has 1 heterocycles. The van der Waals surface area contributed by atoms with Gasteiger partial charge in [-0.3, -0.25) is 4.98 Å². The summed E-state index contributed by atoms with van der Waals surface area (Å²) in [7, 11) is 0. The lowest BCUT2D eigenvalue weighted by molar-refractivity contribution is 0.472. The maximum absolute atomic E-state index is 8.93. The van der Waals surface area contributed by atoms with Crippen LogP contribution in [0.2, 0.25) is 0 Å². The lowest BCUT2D eigenvalue weighted by Gasteiger charge is -2.00. The molecular formula is C9H12N2O. The van der Waals surface area contributed by atoms with Crippen LogP contribution >= 0.6 is 0 Å². The molecule has 0 unspecified atom stereocenters. The number of aromatic hydroxyl groups is 1. The third kappa shape index (κ3) is 2.72. The summed E-state index contributed by atoms with van der Waals surface area (Å²) in [6, 6.07) is 3.41. The molecule has 0 atom stereocenters. The van der Waals surface area contributed by atoms with Crippen molar-refractivity contribution in [2.24, 2.45) is 0 Å². The van der Waals surface area contributed by atoms with Gasteiger partial charge in [0.15, 0.2) is 0 Å². The lowest BCUT2D eigenvalue weighted by Crippen LogP contribution is -2.13. The smallest absolute Gasteiger partial charge is 0.133 e. The van der Waals surface area contributed by atoms with E-state index in [0.29, 0.717) is 6.54 Å². The van der Waals surface area contributed by atoms with Crippen molar-refractivity contribution in [1.29, 1.82) is 0 Å². The predicted octanol–water partition coefficient (Wildman–Crippen LogP) is 1.06. The zero-order chi connectivity index (χ0) is 8.81. The van der Waals surface area contributed by atoms with Gasteiger partial charge in [-0.25, -0.2) is 0 Å². The van der Waals surface area contributed by atoms with E-state index in [1.54, 1.807) is 18.2 Å². The van der Waals surface area contributed by atoms with Crippen LogP contribution in [-0.2, 0) is 6.54 Å². The van der Waals surface area contributed by atoms with Crippen molar-refractivity contribution in [3.63, 3.8) is 0 Å². The SMILES string of the molecule is C=CCNCc1ccc(O)cn1. The second-order valence-corrected chi connectivity index (χ2v) is 2.43. The number of pyridine rings is 1. The van der Waals surface area contributed by atoms with Gasteiger partial charge in [-0.05, 0) is 12.1 Å². The molecule has 0 radical (unpaired) electrons. The fraction of sp³-hybridized carbons (Fsp3) is 0.222. The van der Waals surface area contributed by atoms with Crippen LogP contribution in [0.25, 0.3) is 0 Å². The van der Waals surface area contributed by atoms with Crippen molar-refractivity contribution in [3.05, 3.63) is 36.7 Å². The molecule has 0 amide bonds. The molecule has 0 bridgehead atoms. The van der Waals surface area contributed by atoms with E-state index in [4.69, 9.17) is 5.11 Å². The molecule has 12 heavy (non-hydrogen) atoms. The minimum Gasteiger partial charge on any atom is -0.506 e. The molecule has 1 aromatic rings. The normalized spacial score (nSPS) is 9.67. The Labute approximate surface area is 71.8 Å². The highest BCUT2D eigenvalue weighted by molar-refractivity contribution is 5.17. The van der Waals surface area contributed by atoms with Gasteiger partial charge in [-0.15, -0.1) is 6.58 Å². The van der Waals surface area contributed by atoms with Crippen LogP contribution in [0.5, 0.6) is 5.75 Å². The summed E-state index contributed by atoms with van der Waals surface area (Å²) in [5.74, 6) is 0.197. The van der Waals surface area contributed by atoms with E-state index in [-0.39, 0.29) is 5.75 Å². The highest BCUT2D eigenvalue weighted by atomic mass is 16.3. The lowest BCUT2D eigenvalue weighted by atomic mass is 10.3. The van der Waals surface area contributed by atoms with Crippen molar-refractivity contribution in [1.82, 2.24) is 10.3 Å². The van der Waals surface area contributed by atoms with Gasteiger partial charge in [0.1, 0.15) is 5.75 Å². The van der Waals surface area contributed by atoms with Gasteiger partial charge in [0.2, 0.25) is 0 Å². The molecule has 0 fully saturated rings. The summed E-state index contributed by atoms with van der Waals surface area (Å²) in [5, 5.41) is 12.0. The maximum atomic E-state index is 8.93. The fourth-order valence-electron chi connectivity index (χ4n) is 0.824. The van der Waals surface area contributed by atoms with Crippen LogP contribution in [0, 0.1) is 0 Å². The topological polar surface area (TPSA) is 45.1 Å². The van der Waals surface area contributed by atoms with E-state index in [1.165, 1.54) is 6.20 Å². The molecule has 3 heteroatoms. The third-order valence-electron chi connectivity index (χ3n) is 1.40. The summed E-state index contributed by atoms with van der Waals surface area (Å²) in [4.78, 5) is 4.00. The van der Waals surface area contributed by atoms with E-state index >= 15 is 0 Å². The molecule has 3 nitrogen and oxygen atoms in total. The van der Waals surface area contributed by atoms with E-state index in [9.17, 15) is 0 Å². The fourth-order valence-corrected chi connectivity index (χ4v) is 0.824. The highest BCUT2D eigenvalue weighted by Gasteiger charge is 1.92. The standard InChI is InChI=1S/C9H12N2O/c1-2-5-10-6-8-3-4-9(12)7-11-8/h2-4,7,10,12H,1,5-6H2. The van der Waals surface area contributed by atoms with Gasteiger partial charge < -0.3 is 10.4 Å². The van der Waals surface area contributed by atoms with Gasteiger partial charge in [-0.1, -0.05) is 6.08 Å². The Balaban J connectivity index is 2.42. The number of rotatable bonds is 4. The first kappa shape index (κ1) is 8.74. The summed E-state index contributed by atoms with van der Waals surface area (Å²) < 4.78 is 0. The quantitative estimate of drug-likeness (QED) is 0.516. The molecule has 0 saturated heterocycles. The Morgan fingerprint density at radius 1 is 1.58 bits per heavy atom. The number of aromatic nitrogens is 1. The van der Waals surface area contributed by atoms with Crippen LogP contribution < -0.4 is 5.32 Å². The van der Waals surface area contributed by atoms with Crippen molar-refractivity contribution in [3.8, 4) is 5.75 Å². The molecule has 1 aromatic heterocycles. The first-order chi connectivity index (χ1) is 5.83. The van der Waals surface area contributed by atoms with Gasteiger partial charge in [0, 0.05) is 13.1 Å². The third-order valence-corrected chi connectivity index (χ3v) is 1.40. The first-order valence-corrected chi connectivity index (χ1v) is 3.78. The van der Waals surface area contributed by atoms with Crippen LogP contribution in [0.4, 0.5) is 0 Å². The van der Waals surface area contributed by atoms with Crippen molar-refractivity contribution >= 4 is 0 Å². The summed E-state index contributed by atoms with van der Waals surface area (Å²) >= 11 is 0. The van der Waals surface area contributed by atoms with Crippen molar-refractivity contribution < 1.29 is 5.11 Å². The van der Waals surface area contributed by atoms with Crippen LogP contribution in [0.1, 0.15) is 5.69 Å². The molecule has 0 saturated carbocycles. The second-order valence-electron chi connectivity index (χ2n) is 2.43. The summed E-state index contributed by atoms with van der Waals surface area (Å²) in [5.41, 5.74) is 0.912. The van der Waals surface area contributed by atoms with Crippen molar-refractivity contribution in [2.45, 2.75) is 6.54 Å². The minimum absolute atomic E-state index is 0.197. The second kappa shape index (κ2) is 4.51. The number of nitrogens with zero attached hydrogens (tertiary/aromatic N) is 1. The molecule has 0 spiro atoms. The van der Waals surface area contributed by atoms with Crippen molar-refractivity contribution in [2.75, 3.05) is 6.54 Å². The van der Waals surface area contributed by atoms with E-state index < -0.39 is 0 Å². The van der Waals surface area contributed by atoms with Gasteiger partial charge in [0.05, 0.1) is 11.9 Å². The first-order valence-electron chi connectivity index (χ1n) is 3.78. The number of hydrogen-bond donors (Lipinski definition) is 2. The Morgan fingerprint density at radius 2 is 2.42 bits per heavy atom. The monoisotopic (exact) mass is 164 g/mol. The molecule has 0 aromatic carbocycles. The zero-order valence-electron chi connectivity index (χ0n) is 6.83. The Hall–Kier alpha value is -1.35. The van der Waals surface area contributed by atoms with Crippen LogP contribution in [0.3, 0.4) is 0 Å². The summed E-state index contributed by atoms with van der Waals surface area (Å²) in [6.45, 7) is 5.05. The summed E-state index contributed by atoms with van der Waals surface area (Å²) in [6.07, 6.45) is 3.23. The molecular weight excluding hydrogens is 152 g/mol. The van der Waals surface area contributed by atoms with E-state index in [1.807, 2.05) is 0 Å². The number of hydrogen-bond acceptors (Lipinski definition) is 3. The zero-order valence-corrected chi connectivity index (χ0v) is 6.83. The van der Waals surface area contributed by atoms with Crippen LogP contribution in [-0.4, -0.2) is 16.6 Å². The highest BCUT2D eigenvalue weighted by Crippen LogP contribution is 2.05. The molecule has 0 aliphatic carbocycles. The minimum atomic E-state index is 0.197. The van der Waals surface area contributed by atoms with Gasteiger partial charge in [0.25, 0.3) is 0 Å². The Kier molecular flexibility index (Phi) is 3.29. The predicted molar refractivity (Wildman–Crippen MR) is 47.8 cm³/mol. The van der Waals surface area contributed by atoms with Crippen LogP contribution in [0.15, 0.2) is 31.0 Å². The van der Waals surface area contributed by atoms with E-state index in [2.05, 4.69) is 16.9 Å². The van der Waals surface area contributed by atoms with Gasteiger partial charge >= 0.3 is 0 Å². The molecule has 0 aliphatic heterocycles.